The van der Waals surface area contributed by atoms with E-state index >= 15 is 0 Å². The molecule has 0 bridgehead atoms. The summed E-state index contributed by atoms with van der Waals surface area (Å²) >= 11 is 0. The van der Waals surface area contributed by atoms with E-state index in [4.69, 9.17) is 17.6 Å². The molecule has 1 rings (SSSR count). The Morgan fingerprint density at radius 1 is 1.28 bits per heavy atom. The Bertz CT molecular complexity index is 464. The Hall–Kier alpha value is -2.39. The van der Waals surface area contributed by atoms with Crippen molar-refractivity contribution in [3.8, 4) is 30.4 Å². The van der Waals surface area contributed by atoms with Gasteiger partial charge in [-0.2, -0.15) is 5.10 Å². The van der Waals surface area contributed by atoms with Gasteiger partial charge in [-0.15, -0.1) is 12.8 Å². The second-order valence-electron chi connectivity index (χ2n) is 3.54. The molecule has 0 atom stereocenters. The van der Waals surface area contributed by atoms with Crippen molar-refractivity contribution in [3.63, 3.8) is 0 Å². The van der Waals surface area contributed by atoms with Crippen LogP contribution in [0.2, 0.25) is 0 Å². The van der Waals surface area contributed by atoms with Crippen molar-refractivity contribution >= 4 is 6.21 Å². The molecule has 18 heavy (non-hydrogen) atoms. The normalized spacial score (nSPS) is 9.72. The first-order valence-corrected chi connectivity index (χ1v) is 5.58. The van der Waals surface area contributed by atoms with E-state index in [0.29, 0.717) is 19.5 Å². The van der Waals surface area contributed by atoms with Crippen molar-refractivity contribution in [2.45, 2.75) is 6.42 Å². The summed E-state index contributed by atoms with van der Waals surface area (Å²) in [5, 5.41) is 5.90. The van der Waals surface area contributed by atoms with Gasteiger partial charge >= 0.3 is 0 Å². The van der Waals surface area contributed by atoms with Crippen molar-refractivity contribution < 1.29 is 4.74 Å². The van der Waals surface area contributed by atoms with Gasteiger partial charge in [-0.25, -0.2) is 0 Å². The quantitative estimate of drug-likeness (QED) is 0.430. The van der Waals surface area contributed by atoms with E-state index in [0.717, 1.165) is 11.3 Å². The molecule has 0 heterocycles. The summed E-state index contributed by atoms with van der Waals surface area (Å²) in [6.07, 6.45) is 12.9. The predicted molar refractivity (Wildman–Crippen MR) is 74.4 cm³/mol. The Balaban J connectivity index is 2.63. The van der Waals surface area contributed by atoms with Gasteiger partial charge in [0, 0.05) is 12.6 Å². The number of ether oxygens (including phenoxy) is 1. The van der Waals surface area contributed by atoms with Gasteiger partial charge in [0.15, 0.2) is 0 Å². The lowest BCUT2D eigenvalue weighted by atomic mass is 10.1. The molecule has 0 saturated heterocycles. The van der Waals surface area contributed by atoms with Crippen molar-refractivity contribution in [2.75, 3.05) is 20.2 Å². The second-order valence-corrected chi connectivity index (χ2v) is 3.54. The topological polar surface area (TPSA) is 24.8 Å². The number of nitrogens with zero attached hydrogens (tertiary/aromatic N) is 2. The lowest BCUT2D eigenvalue weighted by Crippen LogP contribution is -2.18. The van der Waals surface area contributed by atoms with Crippen molar-refractivity contribution in [1.82, 2.24) is 5.01 Å². The van der Waals surface area contributed by atoms with E-state index in [1.54, 1.807) is 18.3 Å². The third-order valence-electron chi connectivity index (χ3n) is 2.30. The lowest BCUT2D eigenvalue weighted by Gasteiger charge is -2.12. The first kappa shape index (κ1) is 13.7. The van der Waals surface area contributed by atoms with E-state index in [1.165, 1.54) is 0 Å². The maximum atomic E-state index is 5.26. The highest BCUT2D eigenvalue weighted by Gasteiger charge is 1.99. The second kappa shape index (κ2) is 7.81. The molecule has 0 aliphatic heterocycles. The van der Waals surface area contributed by atoms with Gasteiger partial charge in [-0.05, 0) is 11.6 Å². The van der Waals surface area contributed by atoms with Crippen molar-refractivity contribution in [2.24, 2.45) is 5.10 Å². The van der Waals surface area contributed by atoms with Crippen LogP contribution in [0.3, 0.4) is 0 Å². The summed E-state index contributed by atoms with van der Waals surface area (Å²) in [7, 11) is 1.65. The molecule has 0 aliphatic rings. The first-order valence-electron chi connectivity index (χ1n) is 5.58. The van der Waals surface area contributed by atoms with Crippen LogP contribution in [0, 0.1) is 24.7 Å². The average Bonchev–Trinajstić information content (AvgIpc) is 2.40. The Morgan fingerprint density at radius 2 is 1.94 bits per heavy atom. The van der Waals surface area contributed by atoms with E-state index in [1.807, 2.05) is 24.3 Å². The number of terminal acetylenes is 2. The summed E-state index contributed by atoms with van der Waals surface area (Å²) in [5.74, 6) is 5.88. The van der Waals surface area contributed by atoms with E-state index in [9.17, 15) is 0 Å². The highest BCUT2D eigenvalue weighted by atomic mass is 16.5. The fourth-order valence-corrected chi connectivity index (χ4v) is 1.47. The van der Waals surface area contributed by atoms with Gasteiger partial charge in [0.05, 0.1) is 20.2 Å². The zero-order valence-electron chi connectivity index (χ0n) is 10.5. The molecule has 1 aromatic rings. The molecule has 0 spiro atoms. The summed E-state index contributed by atoms with van der Waals surface area (Å²) in [6.45, 7) is 0.819. The van der Waals surface area contributed by atoms with E-state index in [2.05, 4.69) is 16.9 Å². The maximum Gasteiger partial charge on any atom is 0.122 e. The smallest absolute Gasteiger partial charge is 0.122 e. The first-order chi connectivity index (χ1) is 8.81. The van der Waals surface area contributed by atoms with Crippen LogP contribution in [0.1, 0.15) is 5.56 Å². The molecular weight excluding hydrogens is 224 g/mol. The molecule has 0 radical (unpaired) electrons. The monoisotopic (exact) mass is 240 g/mol. The SMILES string of the molecule is C#CCN(CC#C)/N=C/Cc1ccccc1OC. The standard InChI is InChI=1S/C15H16N2O/c1-4-12-17(13-5-2)16-11-10-14-8-6-7-9-15(14)18-3/h1-2,6-9,11H,10,12-13H2,3H3/b16-11+. The van der Waals surface area contributed by atoms with E-state index in [-0.39, 0.29) is 0 Å². The molecule has 92 valence electrons. The number of rotatable bonds is 6. The molecule has 0 fully saturated rings. The van der Waals surface area contributed by atoms with Gasteiger partial charge in [-0.1, -0.05) is 30.0 Å². The van der Waals surface area contributed by atoms with Gasteiger partial charge in [0.25, 0.3) is 0 Å². The number of benzene rings is 1. The van der Waals surface area contributed by atoms with Crippen LogP contribution in [0.5, 0.6) is 5.75 Å². The predicted octanol–water partition coefficient (Wildman–Crippen LogP) is 1.79. The van der Waals surface area contributed by atoms with Gasteiger partial charge in [0.2, 0.25) is 0 Å². The van der Waals surface area contributed by atoms with Gasteiger partial charge in [0.1, 0.15) is 5.75 Å². The Labute approximate surface area is 108 Å². The molecule has 3 heteroatoms. The Kier molecular flexibility index (Phi) is 5.94. The number of hydrogen-bond acceptors (Lipinski definition) is 3. The van der Waals surface area contributed by atoms with Crippen LogP contribution in [0.25, 0.3) is 0 Å². The molecule has 0 N–H and O–H groups in total. The van der Waals surface area contributed by atoms with Gasteiger partial charge in [-0.3, -0.25) is 5.01 Å². The summed E-state index contributed by atoms with van der Waals surface area (Å²) in [6, 6.07) is 7.82. The molecule has 1 aromatic carbocycles. The van der Waals surface area contributed by atoms with Crippen LogP contribution in [0.15, 0.2) is 29.4 Å². The summed E-state index contributed by atoms with van der Waals surface area (Å²) in [5.41, 5.74) is 1.07. The van der Waals surface area contributed by atoms with Crippen molar-refractivity contribution in [3.05, 3.63) is 29.8 Å². The maximum absolute atomic E-state index is 5.26. The highest BCUT2D eigenvalue weighted by molar-refractivity contribution is 5.63. The minimum absolute atomic E-state index is 0.409. The molecule has 0 aliphatic carbocycles. The highest BCUT2D eigenvalue weighted by Crippen LogP contribution is 2.16. The molecule has 0 unspecified atom stereocenters. The number of hydrazone groups is 1. The van der Waals surface area contributed by atoms with Crippen LogP contribution in [0.4, 0.5) is 0 Å². The molecule has 0 amide bonds. The lowest BCUT2D eigenvalue weighted by molar-refractivity contribution is 0.368. The van der Waals surface area contributed by atoms with Crippen LogP contribution in [-0.2, 0) is 6.42 Å². The molecule has 0 aromatic heterocycles. The molecular formula is C15H16N2O. The third-order valence-corrected chi connectivity index (χ3v) is 2.30. The van der Waals surface area contributed by atoms with Crippen LogP contribution in [-0.4, -0.2) is 31.4 Å². The zero-order valence-corrected chi connectivity index (χ0v) is 10.5. The van der Waals surface area contributed by atoms with Crippen molar-refractivity contribution in [1.29, 1.82) is 0 Å². The fourth-order valence-electron chi connectivity index (χ4n) is 1.47. The number of para-hydroxylation sites is 1. The Morgan fingerprint density at radius 3 is 2.56 bits per heavy atom. The minimum Gasteiger partial charge on any atom is -0.496 e. The average molecular weight is 240 g/mol. The van der Waals surface area contributed by atoms with Crippen LogP contribution < -0.4 is 4.74 Å². The summed E-state index contributed by atoms with van der Waals surface area (Å²) in [4.78, 5) is 0. The summed E-state index contributed by atoms with van der Waals surface area (Å²) < 4.78 is 5.26. The fraction of sp³-hybridized carbons (Fsp3) is 0.267. The molecule has 3 nitrogen and oxygen atoms in total. The zero-order chi connectivity index (χ0) is 13.2. The van der Waals surface area contributed by atoms with E-state index < -0.39 is 0 Å². The van der Waals surface area contributed by atoms with Gasteiger partial charge < -0.3 is 4.74 Å². The number of hydrogen-bond donors (Lipinski definition) is 0. The largest absolute Gasteiger partial charge is 0.496 e. The number of methoxy groups -OCH3 is 1. The molecule has 0 saturated carbocycles. The third kappa shape index (κ3) is 4.23. The minimum atomic E-state index is 0.409. The van der Waals surface area contributed by atoms with Crippen LogP contribution >= 0.6 is 0 Å².